The number of allylic oxidation sites excluding steroid dienone is 3. The number of Topliss-reactive ketones (excluding diaryl/α,β-unsaturated/α-hetero) is 1. The minimum atomic E-state index is -0.546. The SMILES string of the molecule is CCOc1ccc(NC(=O)CSC2=C(C#N)[C@H](c3ccco3)C3=C(CCCC3=O)N2)cc1. The zero-order valence-electron chi connectivity index (χ0n) is 17.6. The van der Waals surface area contributed by atoms with Gasteiger partial charge in [-0.1, -0.05) is 11.8 Å². The van der Waals surface area contributed by atoms with Crippen molar-refractivity contribution in [3.63, 3.8) is 0 Å². The number of nitrogens with zero attached hydrogens (tertiary/aromatic N) is 1. The molecule has 0 saturated heterocycles. The molecule has 0 radical (unpaired) electrons. The Morgan fingerprint density at radius 1 is 1.31 bits per heavy atom. The highest BCUT2D eigenvalue weighted by Crippen LogP contribution is 2.44. The zero-order valence-corrected chi connectivity index (χ0v) is 18.5. The topological polar surface area (TPSA) is 104 Å². The summed E-state index contributed by atoms with van der Waals surface area (Å²) in [6.07, 6.45) is 3.48. The second kappa shape index (κ2) is 9.79. The van der Waals surface area contributed by atoms with E-state index in [9.17, 15) is 14.9 Å². The summed E-state index contributed by atoms with van der Waals surface area (Å²) in [6.45, 7) is 2.49. The number of carbonyl (C=O) groups is 2. The number of ether oxygens (including phenoxy) is 1. The number of benzene rings is 1. The molecular formula is C24H23N3O4S. The quantitative estimate of drug-likeness (QED) is 0.642. The number of rotatable bonds is 7. The van der Waals surface area contributed by atoms with Crippen LogP contribution in [0.3, 0.4) is 0 Å². The molecule has 0 bridgehead atoms. The predicted molar refractivity (Wildman–Crippen MR) is 122 cm³/mol. The van der Waals surface area contributed by atoms with Crippen LogP contribution in [0.15, 0.2) is 69.0 Å². The number of ketones is 1. The van der Waals surface area contributed by atoms with Crippen LogP contribution in [0.2, 0.25) is 0 Å². The third-order valence-electron chi connectivity index (χ3n) is 5.29. The van der Waals surface area contributed by atoms with Gasteiger partial charge in [0.2, 0.25) is 5.91 Å². The summed E-state index contributed by atoms with van der Waals surface area (Å²) in [6, 6.07) is 12.9. The van der Waals surface area contributed by atoms with E-state index < -0.39 is 5.92 Å². The van der Waals surface area contributed by atoms with E-state index in [4.69, 9.17) is 9.15 Å². The summed E-state index contributed by atoms with van der Waals surface area (Å²) in [5.74, 6) is 0.705. The van der Waals surface area contributed by atoms with Crippen LogP contribution >= 0.6 is 11.8 Å². The second-order valence-corrected chi connectivity index (χ2v) is 8.38. The Balaban J connectivity index is 1.51. The number of thioether (sulfide) groups is 1. The molecule has 1 aromatic carbocycles. The molecule has 4 rings (SSSR count). The molecule has 0 spiro atoms. The van der Waals surface area contributed by atoms with Gasteiger partial charge in [0, 0.05) is 23.4 Å². The molecule has 2 heterocycles. The molecule has 1 aliphatic carbocycles. The Kier molecular flexibility index (Phi) is 6.66. The Labute approximate surface area is 190 Å². The lowest BCUT2D eigenvalue weighted by Gasteiger charge is -2.32. The van der Waals surface area contributed by atoms with Gasteiger partial charge in [0.05, 0.1) is 41.2 Å². The predicted octanol–water partition coefficient (Wildman–Crippen LogP) is 4.48. The molecule has 32 heavy (non-hydrogen) atoms. The van der Waals surface area contributed by atoms with Crippen LogP contribution in [0, 0.1) is 11.3 Å². The molecule has 1 amide bonds. The van der Waals surface area contributed by atoms with Gasteiger partial charge in [-0.05, 0) is 56.2 Å². The van der Waals surface area contributed by atoms with Gasteiger partial charge in [-0.2, -0.15) is 5.26 Å². The second-order valence-electron chi connectivity index (χ2n) is 7.39. The maximum Gasteiger partial charge on any atom is 0.234 e. The first-order valence-electron chi connectivity index (χ1n) is 10.5. The van der Waals surface area contributed by atoms with E-state index in [2.05, 4.69) is 16.7 Å². The third-order valence-corrected chi connectivity index (χ3v) is 6.30. The molecule has 0 saturated carbocycles. The molecule has 1 aliphatic heterocycles. The minimum Gasteiger partial charge on any atom is -0.494 e. The van der Waals surface area contributed by atoms with E-state index in [-0.39, 0.29) is 17.4 Å². The highest BCUT2D eigenvalue weighted by Gasteiger charge is 2.38. The van der Waals surface area contributed by atoms with Crippen molar-refractivity contribution in [3.05, 3.63) is 70.3 Å². The van der Waals surface area contributed by atoms with Crippen LogP contribution < -0.4 is 15.4 Å². The van der Waals surface area contributed by atoms with Gasteiger partial charge in [-0.25, -0.2) is 0 Å². The maximum absolute atomic E-state index is 12.7. The Hall–Kier alpha value is -3.44. The number of nitrogens with one attached hydrogen (secondary N) is 2. The van der Waals surface area contributed by atoms with Crippen molar-refractivity contribution in [1.82, 2.24) is 5.32 Å². The van der Waals surface area contributed by atoms with E-state index in [1.807, 2.05) is 6.92 Å². The molecule has 0 unspecified atom stereocenters. The van der Waals surface area contributed by atoms with E-state index in [0.717, 1.165) is 24.3 Å². The first-order chi connectivity index (χ1) is 15.6. The lowest BCUT2D eigenvalue weighted by atomic mass is 9.79. The van der Waals surface area contributed by atoms with E-state index in [1.165, 1.54) is 18.0 Å². The van der Waals surface area contributed by atoms with Gasteiger partial charge in [0.15, 0.2) is 5.78 Å². The van der Waals surface area contributed by atoms with Crippen molar-refractivity contribution in [3.8, 4) is 11.8 Å². The van der Waals surface area contributed by atoms with Crippen molar-refractivity contribution in [2.75, 3.05) is 17.7 Å². The van der Waals surface area contributed by atoms with Crippen LogP contribution in [0.5, 0.6) is 5.75 Å². The van der Waals surface area contributed by atoms with E-state index >= 15 is 0 Å². The first kappa shape index (κ1) is 21.8. The Morgan fingerprint density at radius 3 is 2.81 bits per heavy atom. The van der Waals surface area contributed by atoms with Crippen LogP contribution in [-0.4, -0.2) is 24.1 Å². The average Bonchev–Trinajstić information content (AvgIpc) is 3.33. The van der Waals surface area contributed by atoms with Gasteiger partial charge in [0.1, 0.15) is 11.5 Å². The van der Waals surface area contributed by atoms with Gasteiger partial charge >= 0.3 is 0 Å². The minimum absolute atomic E-state index is 0.0326. The van der Waals surface area contributed by atoms with Gasteiger partial charge in [-0.15, -0.1) is 0 Å². The summed E-state index contributed by atoms with van der Waals surface area (Å²) in [5, 5.41) is 16.6. The van der Waals surface area contributed by atoms with Gasteiger partial charge < -0.3 is 19.8 Å². The summed E-state index contributed by atoms with van der Waals surface area (Å²) < 4.78 is 11.0. The average molecular weight is 450 g/mol. The smallest absolute Gasteiger partial charge is 0.234 e. The number of amides is 1. The fraction of sp³-hybridized carbons (Fsp3) is 0.292. The van der Waals surface area contributed by atoms with Crippen molar-refractivity contribution in [1.29, 1.82) is 5.26 Å². The molecule has 2 aromatic rings. The standard InChI is InChI=1S/C24H23N3O4S/c1-2-30-16-10-8-15(9-11-16)26-21(29)14-32-24-17(13-25)22(20-7-4-12-31-20)23-18(27-24)5-3-6-19(23)28/h4,7-12,22,27H,2-3,5-6,14H2,1H3,(H,26,29)/t22-/m1/s1. The summed E-state index contributed by atoms with van der Waals surface area (Å²) in [4.78, 5) is 25.2. The number of anilines is 1. The molecule has 8 heteroatoms. The molecule has 2 aliphatic rings. The van der Waals surface area contributed by atoms with Gasteiger partial charge in [0.25, 0.3) is 0 Å². The molecule has 0 fully saturated rings. The fourth-order valence-electron chi connectivity index (χ4n) is 3.91. The van der Waals surface area contributed by atoms with Crippen LogP contribution in [-0.2, 0) is 9.59 Å². The largest absolute Gasteiger partial charge is 0.494 e. The number of nitriles is 1. The van der Waals surface area contributed by atoms with Crippen molar-refractivity contribution >= 4 is 29.1 Å². The van der Waals surface area contributed by atoms with Gasteiger partial charge in [-0.3, -0.25) is 9.59 Å². The molecule has 1 atom stereocenters. The van der Waals surface area contributed by atoms with Crippen LogP contribution in [0.25, 0.3) is 0 Å². The third kappa shape index (κ3) is 4.58. The Bertz CT molecular complexity index is 1110. The number of hydrogen-bond donors (Lipinski definition) is 2. The van der Waals surface area contributed by atoms with Crippen molar-refractivity contribution in [2.24, 2.45) is 0 Å². The molecule has 2 N–H and O–H groups in total. The highest BCUT2D eigenvalue weighted by atomic mass is 32.2. The normalized spacial score (nSPS) is 18.0. The molecular weight excluding hydrogens is 426 g/mol. The zero-order chi connectivity index (χ0) is 22.5. The first-order valence-corrected chi connectivity index (χ1v) is 11.5. The summed E-state index contributed by atoms with van der Waals surface area (Å²) in [5.41, 5.74) is 2.48. The summed E-state index contributed by atoms with van der Waals surface area (Å²) in [7, 11) is 0. The lowest BCUT2D eigenvalue weighted by Crippen LogP contribution is -2.31. The Morgan fingerprint density at radius 2 is 2.12 bits per heavy atom. The molecule has 7 nitrogen and oxygen atoms in total. The monoisotopic (exact) mass is 449 g/mol. The van der Waals surface area contributed by atoms with E-state index in [0.29, 0.717) is 40.7 Å². The molecule has 1 aromatic heterocycles. The molecule has 164 valence electrons. The number of furan rings is 1. The number of carbonyl (C=O) groups excluding carboxylic acids is 2. The summed E-state index contributed by atoms with van der Waals surface area (Å²) >= 11 is 1.25. The van der Waals surface area contributed by atoms with E-state index in [1.54, 1.807) is 36.4 Å². The van der Waals surface area contributed by atoms with Crippen molar-refractivity contribution in [2.45, 2.75) is 32.1 Å². The maximum atomic E-state index is 12.7. The van der Waals surface area contributed by atoms with Crippen LogP contribution in [0.4, 0.5) is 5.69 Å². The van der Waals surface area contributed by atoms with Crippen molar-refractivity contribution < 1.29 is 18.7 Å². The fourth-order valence-corrected chi connectivity index (χ4v) is 4.78. The van der Waals surface area contributed by atoms with Crippen LogP contribution in [0.1, 0.15) is 37.9 Å². The highest BCUT2D eigenvalue weighted by molar-refractivity contribution is 8.03. The lowest BCUT2D eigenvalue weighted by molar-refractivity contribution is -0.116. The number of dihydropyridines is 1. The number of hydrogen-bond acceptors (Lipinski definition) is 7.